The number of nitrogens with two attached hydrogens (primary N) is 4. The molecule has 0 radical (unpaired) electrons. The van der Waals surface area contributed by atoms with Crippen LogP contribution >= 0.6 is 0 Å². The molecule has 0 unspecified atom stereocenters. The zero-order valence-corrected chi connectivity index (χ0v) is 26.2. The van der Waals surface area contributed by atoms with E-state index in [0.717, 1.165) is 6.92 Å². The van der Waals surface area contributed by atoms with Crippen LogP contribution in [0.2, 0.25) is 0 Å². The van der Waals surface area contributed by atoms with Crippen molar-refractivity contribution in [1.29, 1.82) is 0 Å². The highest BCUT2D eigenvalue weighted by Gasteiger charge is 2.43. The maximum atomic E-state index is 13.7. The lowest BCUT2D eigenvalue weighted by Crippen LogP contribution is -2.62. The summed E-state index contributed by atoms with van der Waals surface area (Å²) in [4.78, 5) is 100. The van der Waals surface area contributed by atoms with Gasteiger partial charge in [-0.2, -0.15) is 0 Å². The van der Waals surface area contributed by atoms with Crippen LogP contribution in [-0.2, 0) is 43.1 Å². The van der Waals surface area contributed by atoms with Gasteiger partial charge >= 0.3 is 23.9 Å². The SMILES string of the molecule is CC(C)[C@@H](C(=O)OC(=O)[C@@H](N)CCC(=O)O)N(C(=O)[C@H](C)NC(=O)[C@H](CO)NC(=O)[C@@H](N)CCCCN)C(=O)[C@@H](N)CCC(=O)O. The number of rotatable bonds is 21. The maximum Gasteiger partial charge on any atom is 0.337 e. The summed E-state index contributed by atoms with van der Waals surface area (Å²) in [7, 11) is 0. The predicted molar refractivity (Wildman–Crippen MR) is 159 cm³/mol. The highest BCUT2D eigenvalue weighted by molar-refractivity contribution is 6.05. The number of imide groups is 1. The molecule has 0 aliphatic heterocycles. The van der Waals surface area contributed by atoms with E-state index in [4.69, 9.17) is 37.9 Å². The number of carboxylic acids is 2. The van der Waals surface area contributed by atoms with Crippen LogP contribution in [-0.4, -0.2) is 117 Å². The van der Waals surface area contributed by atoms with Crippen LogP contribution in [0, 0.1) is 5.92 Å². The van der Waals surface area contributed by atoms with Gasteiger partial charge in [0.2, 0.25) is 17.7 Å². The predicted octanol–water partition coefficient (Wildman–Crippen LogP) is -3.74. The van der Waals surface area contributed by atoms with Crippen molar-refractivity contribution in [1.82, 2.24) is 15.5 Å². The van der Waals surface area contributed by atoms with Crippen molar-refractivity contribution >= 4 is 47.5 Å². The summed E-state index contributed by atoms with van der Waals surface area (Å²) < 4.78 is 4.78. The minimum Gasteiger partial charge on any atom is -0.481 e. The largest absolute Gasteiger partial charge is 0.481 e. The number of aliphatic hydroxyl groups is 1. The summed E-state index contributed by atoms with van der Waals surface area (Å²) in [6.07, 6.45) is -0.563. The van der Waals surface area contributed by atoms with Gasteiger partial charge in [-0.3, -0.25) is 33.7 Å². The van der Waals surface area contributed by atoms with E-state index in [2.05, 4.69) is 10.6 Å². The van der Waals surface area contributed by atoms with Crippen molar-refractivity contribution in [2.24, 2.45) is 28.9 Å². The number of carboxylic acid groups (broad SMARTS) is 2. The molecule has 0 aromatic carbocycles. The molecule has 0 aromatic heterocycles. The Hall–Kier alpha value is -4.04. The number of unbranched alkanes of at least 4 members (excludes halogenated alkanes) is 1. The van der Waals surface area contributed by atoms with Gasteiger partial charge in [0.15, 0.2) is 0 Å². The second-order valence-electron chi connectivity index (χ2n) is 10.9. The molecule has 0 spiro atoms. The minimum absolute atomic E-state index is 0.247. The summed E-state index contributed by atoms with van der Waals surface area (Å²) in [6.45, 7) is 3.37. The Labute approximate surface area is 265 Å². The summed E-state index contributed by atoms with van der Waals surface area (Å²) in [5.74, 6) is -10.6. The fourth-order valence-electron chi connectivity index (χ4n) is 3.97. The third-order valence-corrected chi connectivity index (χ3v) is 6.64. The number of carbonyl (C=O) groups is 8. The lowest BCUT2D eigenvalue weighted by Gasteiger charge is -2.34. The van der Waals surface area contributed by atoms with E-state index < -0.39 is 116 Å². The average molecular weight is 662 g/mol. The van der Waals surface area contributed by atoms with Crippen molar-refractivity contribution in [2.45, 2.75) is 102 Å². The van der Waals surface area contributed by atoms with Crippen LogP contribution in [0.15, 0.2) is 0 Å². The smallest absolute Gasteiger partial charge is 0.337 e. The van der Waals surface area contributed by atoms with Gasteiger partial charge in [-0.1, -0.05) is 20.3 Å². The van der Waals surface area contributed by atoms with Gasteiger partial charge in [-0.15, -0.1) is 0 Å². The number of amides is 4. The molecule has 0 saturated carbocycles. The maximum absolute atomic E-state index is 13.7. The molecule has 0 aliphatic carbocycles. The molecular weight excluding hydrogens is 614 g/mol. The number of esters is 2. The topological polar surface area (TPSA) is 338 Å². The van der Waals surface area contributed by atoms with Crippen molar-refractivity contribution < 1.29 is 58.4 Å². The lowest BCUT2D eigenvalue weighted by molar-refractivity contribution is -0.172. The molecule has 46 heavy (non-hydrogen) atoms. The van der Waals surface area contributed by atoms with Crippen LogP contribution in [0.4, 0.5) is 0 Å². The molecule has 0 aliphatic rings. The van der Waals surface area contributed by atoms with Crippen LogP contribution < -0.4 is 33.6 Å². The Morgan fingerprint density at radius 3 is 1.74 bits per heavy atom. The number of nitrogens with one attached hydrogen (secondary N) is 2. The summed E-state index contributed by atoms with van der Waals surface area (Å²) >= 11 is 0. The third kappa shape index (κ3) is 14.4. The van der Waals surface area contributed by atoms with Crippen molar-refractivity contribution in [3.63, 3.8) is 0 Å². The van der Waals surface area contributed by atoms with E-state index in [1.54, 1.807) is 0 Å². The van der Waals surface area contributed by atoms with Gasteiger partial charge < -0.3 is 53.6 Å². The Kier molecular flexibility index (Phi) is 19.1. The molecule has 6 atom stereocenters. The number of hydrogen-bond acceptors (Lipinski definition) is 14. The lowest BCUT2D eigenvalue weighted by atomic mass is 9.99. The van der Waals surface area contributed by atoms with E-state index in [0.29, 0.717) is 24.3 Å². The van der Waals surface area contributed by atoms with Gasteiger partial charge in [0, 0.05) is 12.8 Å². The zero-order chi connectivity index (χ0) is 35.7. The van der Waals surface area contributed by atoms with Crippen molar-refractivity contribution in [3.8, 4) is 0 Å². The standard InChI is InChI=1S/C27H47N7O12/c1-13(2)21(27(45)46-26(44)17(31)8-10-20(38)39)34(25(43)16(30)7-9-19(36)37)24(42)14(3)32-23(41)18(12-35)33-22(40)15(29)6-4-5-11-28/h13-18,21,35H,4-12,28-31H2,1-3H3,(H,32,41)(H,33,40)(H,36,37)(H,38,39)/t14-,15-,16-,17-,18-,21-/m0/s1. The van der Waals surface area contributed by atoms with Gasteiger partial charge in [0.05, 0.1) is 18.7 Å². The zero-order valence-electron chi connectivity index (χ0n) is 26.2. The highest BCUT2D eigenvalue weighted by Crippen LogP contribution is 2.18. The molecular formula is C27H47N7O12. The van der Waals surface area contributed by atoms with E-state index in [9.17, 15) is 43.5 Å². The van der Waals surface area contributed by atoms with Crippen LogP contribution in [0.5, 0.6) is 0 Å². The number of aliphatic carboxylic acids is 2. The first-order valence-corrected chi connectivity index (χ1v) is 14.6. The molecule has 13 N–H and O–H groups in total. The van der Waals surface area contributed by atoms with Gasteiger partial charge in [-0.05, 0) is 45.1 Å². The minimum atomic E-state index is -1.84. The van der Waals surface area contributed by atoms with Gasteiger partial charge in [0.1, 0.15) is 24.2 Å². The van der Waals surface area contributed by atoms with E-state index in [1.165, 1.54) is 13.8 Å². The van der Waals surface area contributed by atoms with Gasteiger partial charge in [-0.25, -0.2) is 9.59 Å². The van der Waals surface area contributed by atoms with Gasteiger partial charge in [0.25, 0.3) is 5.91 Å². The van der Waals surface area contributed by atoms with E-state index in [1.807, 2.05) is 0 Å². The number of hydrogen-bond donors (Lipinski definition) is 9. The Balaban J connectivity index is 6.16. The monoisotopic (exact) mass is 661 g/mol. The van der Waals surface area contributed by atoms with Crippen molar-refractivity contribution in [3.05, 3.63) is 0 Å². The molecule has 0 aromatic rings. The summed E-state index contributed by atoms with van der Waals surface area (Å²) in [5, 5.41) is 32.0. The first-order chi connectivity index (χ1) is 21.4. The first kappa shape index (κ1) is 42.0. The summed E-state index contributed by atoms with van der Waals surface area (Å²) in [6, 6.07) is -9.22. The Morgan fingerprint density at radius 2 is 1.26 bits per heavy atom. The second-order valence-corrected chi connectivity index (χ2v) is 10.9. The van der Waals surface area contributed by atoms with E-state index in [-0.39, 0.29) is 12.8 Å². The van der Waals surface area contributed by atoms with Crippen LogP contribution in [0.1, 0.15) is 65.7 Å². The fourth-order valence-corrected chi connectivity index (χ4v) is 3.97. The number of nitrogens with zero attached hydrogens (tertiary/aromatic N) is 1. The van der Waals surface area contributed by atoms with Crippen LogP contribution in [0.3, 0.4) is 0 Å². The molecule has 19 heteroatoms. The number of aliphatic hydroxyl groups excluding tert-OH is 1. The van der Waals surface area contributed by atoms with Crippen LogP contribution in [0.25, 0.3) is 0 Å². The highest BCUT2D eigenvalue weighted by atomic mass is 16.6. The molecule has 0 fully saturated rings. The second kappa shape index (κ2) is 20.9. The number of carbonyl (C=O) groups excluding carboxylic acids is 6. The molecule has 0 heterocycles. The molecule has 4 amide bonds. The Morgan fingerprint density at radius 1 is 0.717 bits per heavy atom. The molecule has 0 saturated heterocycles. The first-order valence-electron chi connectivity index (χ1n) is 14.6. The fraction of sp³-hybridized carbons (Fsp3) is 0.704. The molecule has 262 valence electrons. The summed E-state index contributed by atoms with van der Waals surface area (Å²) in [5.41, 5.74) is 22.7. The normalized spacial score (nSPS) is 15.0. The molecule has 19 nitrogen and oxygen atoms in total. The third-order valence-electron chi connectivity index (χ3n) is 6.64. The molecule has 0 bridgehead atoms. The average Bonchev–Trinajstić information content (AvgIpc) is 2.98. The molecule has 0 rings (SSSR count). The van der Waals surface area contributed by atoms with Crippen molar-refractivity contribution in [2.75, 3.05) is 13.2 Å². The van der Waals surface area contributed by atoms with E-state index >= 15 is 0 Å². The quantitative estimate of drug-likeness (QED) is 0.0324. The Bertz CT molecular complexity index is 1100. The number of ether oxygens (including phenoxy) is 1.